The summed E-state index contributed by atoms with van der Waals surface area (Å²) in [4.78, 5) is 11.7. The number of halogens is 3. The topological polar surface area (TPSA) is 54.4 Å². The lowest BCUT2D eigenvalue weighted by atomic mass is 10.0. The molecular formula is C14H17Cl3O3S. The molecular weight excluding hydrogens is 355 g/mol. The molecule has 0 unspecified atom stereocenters. The van der Waals surface area contributed by atoms with E-state index in [0.717, 1.165) is 0 Å². The quantitative estimate of drug-likeness (QED) is 0.785. The highest BCUT2D eigenvalue weighted by molar-refractivity contribution is 7.86. The molecule has 21 heavy (non-hydrogen) atoms. The van der Waals surface area contributed by atoms with Gasteiger partial charge in [0.2, 0.25) is 3.79 Å². The fourth-order valence-corrected chi connectivity index (χ4v) is 4.07. The molecule has 0 aromatic heterocycles. The lowest BCUT2D eigenvalue weighted by Gasteiger charge is -2.25. The number of aromatic carboxylic acids is 1. The van der Waals surface area contributed by atoms with E-state index in [-0.39, 0.29) is 11.1 Å². The Balaban J connectivity index is 3.80. The van der Waals surface area contributed by atoms with Crippen molar-refractivity contribution in [1.82, 2.24) is 0 Å². The maximum Gasteiger partial charge on any atom is 0.336 e. The van der Waals surface area contributed by atoms with E-state index in [2.05, 4.69) is 0 Å². The largest absolute Gasteiger partial charge is 0.478 e. The smallest absolute Gasteiger partial charge is 0.336 e. The zero-order chi connectivity index (χ0) is 16.6. The van der Waals surface area contributed by atoms with Gasteiger partial charge in [-0.15, -0.1) is 0 Å². The first-order chi connectivity index (χ1) is 9.41. The van der Waals surface area contributed by atoms with Gasteiger partial charge in [-0.1, -0.05) is 47.8 Å². The van der Waals surface area contributed by atoms with Gasteiger partial charge in [-0.2, -0.15) is 0 Å². The molecule has 1 atom stereocenters. The van der Waals surface area contributed by atoms with Gasteiger partial charge < -0.3 is 5.11 Å². The van der Waals surface area contributed by atoms with Crippen molar-refractivity contribution >= 4 is 51.6 Å². The van der Waals surface area contributed by atoms with E-state index in [0.29, 0.717) is 16.9 Å². The van der Waals surface area contributed by atoms with Crippen LogP contribution in [-0.2, 0) is 21.0 Å². The van der Waals surface area contributed by atoms with Gasteiger partial charge in [0.05, 0.1) is 21.3 Å². The number of hydrogen-bond acceptors (Lipinski definition) is 2. The number of benzene rings is 1. The second-order valence-electron chi connectivity index (χ2n) is 5.51. The number of carboxylic acids is 1. The van der Waals surface area contributed by atoms with Gasteiger partial charge in [0.25, 0.3) is 0 Å². The van der Waals surface area contributed by atoms with Gasteiger partial charge >= 0.3 is 5.97 Å². The Bertz CT molecular complexity index is 586. The second-order valence-corrected chi connectivity index (χ2v) is 9.96. The van der Waals surface area contributed by atoms with Crippen molar-refractivity contribution in [2.75, 3.05) is 0 Å². The van der Waals surface area contributed by atoms with Gasteiger partial charge in [-0.05, 0) is 38.8 Å². The molecule has 0 heterocycles. The molecule has 0 radical (unpaired) electrons. The number of hydrogen-bond donors (Lipinski definition) is 1. The van der Waals surface area contributed by atoms with Crippen LogP contribution in [0.5, 0.6) is 0 Å². The molecule has 0 saturated carbocycles. The first-order valence-corrected chi connectivity index (χ1v) is 8.57. The third-order valence-electron chi connectivity index (χ3n) is 2.89. The Kier molecular flexibility index (Phi) is 5.76. The molecule has 0 saturated heterocycles. The number of carbonyl (C=O) groups is 1. The van der Waals surface area contributed by atoms with Gasteiger partial charge in [0, 0.05) is 10.3 Å². The molecule has 0 amide bonds. The highest BCUT2D eigenvalue weighted by Gasteiger charge is 2.35. The molecule has 0 aliphatic heterocycles. The zero-order valence-corrected chi connectivity index (χ0v) is 15.3. The van der Waals surface area contributed by atoms with E-state index in [1.807, 2.05) is 0 Å². The van der Waals surface area contributed by atoms with Gasteiger partial charge in [-0.3, -0.25) is 4.21 Å². The minimum atomic E-state index is -1.77. The average molecular weight is 372 g/mol. The highest BCUT2D eigenvalue weighted by atomic mass is 35.6. The SMILES string of the molecule is CCc1c(C(=O)O)ccc(C(Cl)(Cl)Cl)c1[S@](=O)C(C)(C)C. The first-order valence-electron chi connectivity index (χ1n) is 6.29. The van der Waals surface area contributed by atoms with Gasteiger partial charge in [-0.25, -0.2) is 4.79 Å². The van der Waals surface area contributed by atoms with Crippen LogP contribution in [0.1, 0.15) is 49.2 Å². The number of carboxylic acid groups (broad SMARTS) is 1. The van der Waals surface area contributed by atoms with E-state index < -0.39 is 25.3 Å². The van der Waals surface area contributed by atoms with Crippen LogP contribution < -0.4 is 0 Å². The maximum atomic E-state index is 12.8. The van der Waals surface area contributed by atoms with Crippen molar-refractivity contribution in [2.24, 2.45) is 0 Å². The minimum Gasteiger partial charge on any atom is -0.478 e. The molecule has 3 nitrogen and oxygen atoms in total. The fraction of sp³-hybridized carbons (Fsp3) is 0.500. The van der Waals surface area contributed by atoms with Crippen LogP contribution in [0.25, 0.3) is 0 Å². The van der Waals surface area contributed by atoms with Crippen molar-refractivity contribution in [1.29, 1.82) is 0 Å². The minimum absolute atomic E-state index is 0.0862. The number of alkyl halides is 3. The third kappa shape index (κ3) is 4.13. The van der Waals surface area contributed by atoms with E-state index in [1.54, 1.807) is 27.7 Å². The molecule has 0 aliphatic carbocycles. The van der Waals surface area contributed by atoms with Crippen LogP contribution in [0.3, 0.4) is 0 Å². The molecule has 0 bridgehead atoms. The lowest BCUT2D eigenvalue weighted by Crippen LogP contribution is -2.26. The van der Waals surface area contributed by atoms with Crippen molar-refractivity contribution in [3.8, 4) is 0 Å². The summed E-state index contributed by atoms with van der Waals surface area (Å²) in [7, 11) is -1.51. The van der Waals surface area contributed by atoms with Crippen LogP contribution in [0.2, 0.25) is 0 Å². The van der Waals surface area contributed by atoms with Gasteiger partial charge in [0.1, 0.15) is 0 Å². The average Bonchev–Trinajstić information content (AvgIpc) is 2.33. The van der Waals surface area contributed by atoms with Crippen LogP contribution in [0.15, 0.2) is 17.0 Å². The van der Waals surface area contributed by atoms with Gasteiger partial charge in [0.15, 0.2) is 0 Å². The molecule has 1 aromatic carbocycles. The Labute approximate surface area is 142 Å². The molecule has 1 rings (SSSR count). The summed E-state index contributed by atoms with van der Waals surface area (Å²) in [6, 6.07) is 2.82. The molecule has 7 heteroatoms. The van der Waals surface area contributed by atoms with Crippen molar-refractivity contribution in [3.63, 3.8) is 0 Å². The van der Waals surface area contributed by atoms with E-state index in [1.165, 1.54) is 12.1 Å². The van der Waals surface area contributed by atoms with Crippen LogP contribution in [0.4, 0.5) is 0 Å². The summed E-state index contributed by atoms with van der Waals surface area (Å²) in [5.41, 5.74) is 0.797. The summed E-state index contributed by atoms with van der Waals surface area (Å²) in [5.74, 6) is -1.09. The lowest BCUT2D eigenvalue weighted by molar-refractivity contribution is 0.0695. The summed E-state index contributed by atoms with van der Waals surface area (Å²) in [6.45, 7) is 7.15. The first kappa shape index (κ1) is 18.8. The second kappa shape index (κ2) is 6.45. The van der Waals surface area contributed by atoms with Crippen LogP contribution >= 0.6 is 34.8 Å². The molecule has 1 N–H and O–H groups in total. The van der Waals surface area contributed by atoms with E-state index in [9.17, 15) is 14.1 Å². The summed E-state index contributed by atoms with van der Waals surface area (Å²) in [6.07, 6.45) is 0.382. The third-order valence-corrected chi connectivity index (χ3v) is 5.45. The summed E-state index contributed by atoms with van der Waals surface area (Å²) < 4.78 is 10.5. The van der Waals surface area contributed by atoms with Crippen molar-refractivity contribution in [2.45, 2.75) is 47.6 Å². The van der Waals surface area contributed by atoms with E-state index >= 15 is 0 Å². The van der Waals surface area contributed by atoms with Crippen LogP contribution in [0, 0.1) is 0 Å². The van der Waals surface area contributed by atoms with E-state index in [4.69, 9.17) is 34.8 Å². The predicted molar refractivity (Wildman–Crippen MR) is 88.2 cm³/mol. The number of rotatable bonds is 3. The van der Waals surface area contributed by atoms with Crippen LogP contribution in [-0.4, -0.2) is 20.0 Å². The maximum absolute atomic E-state index is 12.8. The van der Waals surface area contributed by atoms with Crippen molar-refractivity contribution in [3.05, 3.63) is 28.8 Å². The Morgan fingerprint density at radius 1 is 1.24 bits per heavy atom. The summed E-state index contributed by atoms with van der Waals surface area (Å²) >= 11 is 17.9. The molecule has 0 spiro atoms. The highest BCUT2D eigenvalue weighted by Crippen LogP contribution is 2.44. The Morgan fingerprint density at radius 3 is 2.10 bits per heavy atom. The normalized spacial score (nSPS) is 14.0. The zero-order valence-electron chi connectivity index (χ0n) is 12.2. The molecule has 0 aliphatic rings. The van der Waals surface area contributed by atoms with Crippen molar-refractivity contribution < 1.29 is 14.1 Å². The fourth-order valence-electron chi connectivity index (χ4n) is 1.92. The Hall–Kier alpha value is -0.290. The molecule has 1 aromatic rings. The predicted octanol–water partition coefficient (Wildman–Crippen LogP) is 4.68. The Morgan fingerprint density at radius 2 is 1.76 bits per heavy atom. The molecule has 0 fully saturated rings. The standard InChI is InChI=1S/C14H17Cl3O3S/c1-5-8-9(12(18)19)6-7-10(14(15,16)17)11(8)21(20)13(2,3)4/h6-7H,5H2,1-4H3,(H,18,19)/t21-/m0/s1. The molecule has 118 valence electrons. The summed E-state index contributed by atoms with van der Waals surface area (Å²) in [5, 5.41) is 9.30. The monoisotopic (exact) mass is 370 g/mol.